The average Bonchev–Trinajstić information content (AvgIpc) is 2.71. The van der Waals surface area contributed by atoms with Crippen molar-refractivity contribution in [3.63, 3.8) is 0 Å². The Morgan fingerprint density at radius 1 is 1.10 bits per heavy atom. The lowest BCUT2D eigenvalue weighted by molar-refractivity contribution is -0.142. The molecule has 0 aliphatic rings. The molecule has 1 N–H and O–H groups in total. The Morgan fingerprint density at radius 3 is 2.38 bits per heavy atom. The molecule has 0 saturated heterocycles. The number of nitrogens with zero attached hydrogens (tertiary/aromatic N) is 1. The third-order valence-electron chi connectivity index (χ3n) is 4.83. The number of para-hydroxylation sites is 1. The predicted octanol–water partition coefficient (Wildman–Crippen LogP) is 3.84. The van der Waals surface area contributed by atoms with Crippen molar-refractivity contribution in [2.45, 2.75) is 52.7 Å². The van der Waals surface area contributed by atoms with Crippen molar-refractivity contribution < 1.29 is 18.7 Å². The number of aryl methyl sites for hydroxylation is 1. The molecule has 0 aliphatic heterocycles. The largest absolute Gasteiger partial charge is 0.481 e. The van der Waals surface area contributed by atoms with Gasteiger partial charge in [-0.3, -0.25) is 9.59 Å². The fourth-order valence-corrected chi connectivity index (χ4v) is 2.72. The van der Waals surface area contributed by atoms with Gasteiger partial charge < -0.3 is 15.0 Å². The molecule has 0 radical (unpaired) electrons. The van der Waals surface area contributed by atoms with Gasteiger partial charge in [0.25, 0.3) is 5.91 Å². The summed E-state index contributed by atoms with van der Waals surface area (Å²) in [5, 5.41) is 2.91. The van der Waals surface area contributed by atoms with Gasteiger partial charge in [0.1, 0.15) is 6.04 Å². The van der Waals surface area contributed by atoms with Gasteiger partial charge in [0.2, 0.25) is 5.91 Å². The van der Waals surface area contributed by atoms with Crippen molar-refractivity contribution in [3.8, 4) is 5.75 Å². The van der Waals surface area contributed by atoms with E-state index in [4.69, 9.17) is 4.74 Å². The molecular weight excluding hydrogens is 371 g/mol. The van der Waals surface area contributed by atoms with Gasteiger partial charge >= 0.3 is 0 Å². The van der Waals surface area contributed by atoms with E-state index in [2.05, 4.69) is 5.32 Å². The number of halogens is 1. The van der Waals surface area contributed by atoms with Crippen molar-refractivity contribution >= 4 is 11.8 Å². The predicted molar refractivity (Wildman–Crippen MR) is 111 cm³/mol. The molecule has 6 heteroatoms. The molecule has 0 heterocycles. The zero-order valence-corrected chi connectivity index (χ0v) is 17.4. The summed E-state index contributed by atoms with van der Waals surface area (Å²) < 4.78 is 19.2. The van der Waals surface area contributed by atoms with E-state index in [-0.39, 0.29) is 36.8 Å². The molecule has 0 unspecified atom stereocenters. The van der Waals surface area contributed by atoms with Crippen molar-refractivity contribution in [3.05, 3.63) is 65.5 Å². The fourth-order valence-electron chi connectivity index (χ4n) is 2.72. The van der Waals surface area contributed by atoms with E-state index in [1.165, 1.54) is 17.0 Å². The molecular formula is C23H29FN2O3. The maximum atomic E-state index is 13.8. The Hall–Kier alpha value is -2.89. The Balaban J connectivity index is 2.15. The van der Waals surface area contributed by atoms with Crippen molar-refractivity contribution in [1.82, 2.24) is 10.2 Å². The number of rotatable bonds is 9. The fraction of sp³-hybridized carbons (Fsp3) is 0.391. The Morgan fingerprint density at radius 2 is 1.76 bits per heavy atom. The number of nitrogens with one attached hydrogen (secondary N) is 1. The lowest BCUT2D eigenvalue weighted by Gasteiger charge is -2.29. The summed E-state index contributed by atoms with van der Waals surface area (Å²) >= 11 is 0. The minimum absolute atomic E-state index is 0.00726. The van der Waals surface area contributed by atoms with E-state index < -0.39 is 11.9 Å². The van der Waals surface area contributed by atoms with Crippen LogP contribution >= 0.6 is 0 Å². The Kier molecular flexibility index (Phi) is 8.19. The van der Waals surface area contributed by atoms with Crippen LogP contribution in [0.1, 0.15) is 38.3 Å². The molecule has 2 amide bonds. The number of carbonyl (C=O) groups excluding carboxylic acids is 2. The van der Waals surface area contributed by atoms with Crippen molar-refractivity contribution in [2.75, 3.05) is 6.61 Å². The van der Waals surface area contributed by atoms with E-state index in [1.54, 1.807) is 19.1 Å². The van der Waals surface area contributed by atoms with Crippen LogP contribution in [0.4, 0.5) is 4.39 Å². The van der Waals surface area contributed by atoms with Crippen LogP contribution in [0, 0.1) is 12.7 Å². The maximum Gasteiger partial charge on any atom is 0.261 e. The second-order valence-corrected chi connectivity index (χ2v) is 7.22. The van der Waals surface area contributed by atoms with Gasteiger partial charge in [-0.2, -0.15) is 0 Å². The summed E-state index contributed by atoms with van der Waals surface area (Å²) in [6.45, 7) is 7.47. The molecule has 2 atom stereocenters. The molecule has 0 fully saturated rings. The van der Waals surface area contributed by atoms with Crippen LogP contribution in [0.25, 0.3) is 0 Å². The van der Waals surface area contributed by atoms with Crippen LogP contribution in [0.2, 0.25) is 0 Å². The summed E-state index contributed by atoms with van der Waals surface area (Å²) in [5.41, 5.74) is 2.01. The van der Waals surface area contributed by atoms with Gasteiger partial charge in [-0.05, 0) is 44.9 Å². The quantitative estimate of drug-likeness (QED) is 0.696. The minimum atomic E-state index is -0.693. The second-order valence-electron chi connectivity index (χ2n) is 7.22. The molecule has 0 bridgehead atoms. The maximum absolute atomic E-state index is 13.8. The molecule has 29 heavy (non-hydrogen) atoms. The van der Waals surface area contributed by atoms with E-state index >= 15 is 0 Å². The van der Waals surface area contributed by atoms with Crippen LogP contribution < -0.4 is 10.1 Å². The number of ether oxygens (including phenoxy) is 1. The first kappa shape index (κ1) is 22.4. The molecule has 0 aromatic heterocycles. The van der Waals surface area contributed by atoms with Crippen LogP contribution in [0.15, 0.2) is 48.5 Å². The van der Waals surface area contributed by atoms with Gasteiger partial charge in [0.15, 0.2) is 18.2 Å². The number of hydrogen-bond acceptors (Lipinski definition) is 3. The monoisotopic (exact) mass is 400 g/mol. The van der Waals surface area contributed by atoms with E-state index in [0.29, 0.717) is 0 Å². The SMILES string of the molecule is CC[C@@H](C)NC(=O)[C@H](C)N(Cc1ccc(C)cc1)C(=O)COc1ccccc1F. The summed E-state index contributed by atoms with van der Waals surface area (Å²) in [4.78, 5) is 27.0. The third-order valence-corrected chi connectivity index (χ3v) is 4.83. The lowest BCUT2D eigenvalue weighted by atomic mass is 10.1. The number of hydrogen-bond donors (Lipinski definition) is 1. The third kappa shape index (κ3) is 6.59. The van der Waals surface area contributed by atoms with Gasteiger partial charge in [-0.1, -0.05) is 48.9 Å². The lowest BCUT2D eigenvalue weighted by Crippen LogP contribution is -2.50. The second kappa shape index (κ2) is 10.6. The van der Waals surface area contributed by atoms with E-state index in [1.807, 2.05) is 45.0 Å². The van der Waals surface area contributed by atoms with Crippen molar-refractivity contribution in [2.24, 2.45) is 0 Å². The summed E-state index contributed by atoms with van der Waals surface area (Å²) in [6.07, 6.45) is 0.792. The van der Waals surface area contributed by atoms with E-state index in [0.717, 1.165) is 17.5 Å². The normalized spacial score (nSPS) is 12.7. The zero-order valence-electron chi connectivity index (χ0n) is 17.4. The summed E-state index contributed by atoms with van der Waals surface area (Å²) in [6, 6.07) is 13.0. The highest BCUT2D eigenvalue weighted by Crippen LogP contribution is 2.16. The first-order chi connectivity index (χ1) is 13.8. The van der Waals surface area contributed by atoms with E-state index in [9.17, 15) is 14.0 Å². The highest BCUT2D eigenvalue weighted by molar-refractivity contribution is 5.88. The molecule has 0 saturated carbocycles. The van der Waals surface area contributed by atoms with Crippen LogP contribution in [-0.4, -0.2) is 35.4 Å². The molecule has 5 nitrogen and oxygen atoms in total. The minimum Gasteiger partial charge on any atom is -0.481 e. The molecule has 156 valence electrons. The average molecular weight is 400 g/mol. The van der Waals surface area contributed by atoms with Gasteiger partial charge in [-0.25, -0.2) is 4.39 Å². The van der Waals surface area contributed by atoms with Gasteiger partial charge in [-0.15, -0.1) is 0 Å². The molecule has 2 aromatic carbocycles. The summed E-state index contributed by atoms with van der Waals surface area (Å²) in [7, 11) is 0. The molecule has 2 rings (SSSR count). The molecule has 0 aliphatic carbocycles. The zero-order chi connectivity index (χ0) is 21.4. The number of benzene rings is 2. The Labute approximate surface area is 171 Å². The van der Waals surface area contributed by atoms with Gasteiger partial charge in [0, 0.05) is 12.6 Å². The first-order valence-electron chi connectivity index (χ1n) is 9.84. The molecule has 2 aromatic rings. The topological polar surface area (TPSA) is 58.6 Å². The number of amides is 2. The standard InChI is InChI=1S/C23H29FN2O3/c1-5-17(3)25-23(28)18(4)26(14-19-12-10-16(2)11-13-19)22(27)15-29-21-9-7-6-8-20(21)24/h6-13,17-18H,5,14-15H2,1-4H3,(H,25,28)/t17-,18+/m1/s1. The van der Waals surface area contributed by atoms with Crippen LogP contribution in [0.5, 0.6) is 5.75 Å². The highest BCUT2D eigenvalue weighted by atomic mass is 19.1. The molecule has 0 spiro atoms. The highest BCUT2D eigenvalue weighted by Gasteiger charge is 2.27. The van der Waals surface area contributed by atoms with Crippen molar-refractivity contribution in [1.29, 1.82) is 0 Å². The van der Waals surface area contributed by atoms with Crippen LogP contribution in [-0.2, 0) is 16.1 Å². The Bertz CT molecular complexity index is 823. The van der Waals surface area contributed by atoms with Crippen LogP contribution in [0.3, 0.4) is 0 Å². The smallest absolute Gasteiger partial charge is 0.261 e. The first-order valence-corrected chi connectivity index (χ1v) is 9.84. The number of carbonyl (C=O) groups is 2. The van der Waals surface area contributed by atoms with Gasteiger partial charge in [0.05, 0.1) is 0 Å². The summed E-state index contributed by atoms with van der Waals surface area (Å²) in [5.74, 6) is -1.15.